The number of thiophene rings is 1. The number of nitrogens with zero attached hydrogens (tertiary/aromatic N) is 3. The number of piperidine rings is 1. The number of amides is 2. The first kappa shape index (κ1) is 26.1. The first-order chi connectivity index (χ1) is 16.6. The van der Waals surface area contributed by atoms with Crippen molar-refractivity contribution in [2.45, 2.75) is 44.0 Å². The summed E-state index contributed by atoms with van der Waals surface area (Å²) in [6, 6.07) is 7.66. The van der Waals surface area contributed by atoms with Crippen molar-refractivity contribution in [3.63, 3.8) is 0 Å². The molecule has 1 atom stereocenters. The second-order valence-electron chi connectivity index (χ2n) is 8.01. The van der Waals surface area contributed by atoms with E-state index in [0.29, 0.717) is 31.6 Å². The van der Waals surface area contributed by atoms with Gasteiger partial charge in [0.25, 0.3) is 5.91 Å². The summed E-state index contributed by atoms with van der Waals surface area (Å²) in [6.45, 7) is 1.59. The number of carbonyl (C=O) groups is 3. The highest BCUT2D eigenvalue weighted by Gasteiger charge is 2.45. The summed E-state index contributed by atoms with van der Waals surface area (Å²) >= 11 is 1.59. The highest BCUT2D eigenvalue weighted by atomic mass is 32.1. The standard InChI is InChI=1S/C20H22N4O3S.C2HF3O2/c25-18(10-16-5-2-9-28-16)24-8-3-6-20(14-24)11-17(23-27-20)19(26)22-13-15-4-1-7-21-12-15;3-2(4,5)1(6)7/h1-2,4-5,7,9,12H,3,6,8,10-11,13-14H2,(H,22,26);(H,6,7). The van der Waals surface area contributed by atoms with Crippen LogP contribution in [0.3, 0.4) is 0 Å². The summed E-state index contributed by atoms with van der Waals surface area (Å²) < 4.78 is 31.7. The van der Waals surface area contributed by atoms with Crippen molar-refractivity contribution < 1.29 is 37.5 Å². The number of hydrogen-bond acceptors (Lipinski definition) is 7. The van der Waals surface area contributed by atoms with Crippen molar-refractivity contribution in [2.75, 3.05) is 13.1 Å². The zero-order valence-corrected chi connectivity index (χ0v) is 19.3. The largest absolute Gasteiger partial charge is 0.490 e. The molecule has 4 heterocycles. The summed E-state index contributed by atoms with van der Waals surface area (Å²) in [4.78, 5) is 46.6. The van der Waals surface area contributed by atoms with Crippen LogP contribution in [0, 0.1) is 0 Å². The maximum atomic E-state index is 12.6. The fourth-order valence-corrected chi connectivity index (χ4v) is 4.33. The van der Waals surface area contributed by atoms with E-state index in [0.717, 1.165) is 29.8 Å². The Morgan fingerprint density at radius 3 is 2.66 bits per heavy atom. The molecule has 1 spiro atoms. The Morgan fingerprint density at radius 1 is 1.26 bits per heavy atom. The Kier molecular flexibility index (Phi) is 8.43. The summed E-state index contributed by atoms with van der Waals surface area (Å²) in [5.74, 6) is -2.89. The number of carboxylic acid groups (broad SMARTS) is 1. The molecular weight excluding hydrogens is 489 g/mol. The zero-order valence-electron chi connectivity index (χ0n) is 18.5. The minimum atomic E-state index is -5.08. The smallest absolute Gasteiger partial charge is 0.475 e. The second-order valence-corrected chi connectivity index (χ2v) is 9.04. The van der Waals surface area contributed by atoms with Crippen molar-refractivity contribution in [2.24, 2.45) is 5.16 Å². The molecule has 0 aliphatic carbocycles. The van der Waals surface area contributed by atoms with E-state index in [4.69, 9.17) is 14.7 Å². The van der Waals surface area contributed by atoms with Gasteiger partial charge in [-0.05, 0) is 35.9 Å². The summed E-state index contributed by atoms with van der Waals surface area (Å²) in [6.07, 6.45) is 0.794. The number of aromatic nitrogens is 1. The molecule has 2 aromatic heterocycles. The lowest BCUT2D eigenvalue weighted by atomic mass is 9.88. The molecule has 0 bridgehead atoms. The molecule has 2 aliphatic heterocycles. The van der Waals surface area contributed by atoms with E-state index in [1.54, 1.807) is 23.7 Å². The Hall–Kier alpha value is -3.48. The van der Waals surface area contributed by atoms with Gasteiger partial charge in [0, 0.05) is 36.8 Å². The van der Waals surface area contributed by atoms with Crippen molar-refractivity contribution in [1.29, 1.82) is 0 Å². The summed E-state index contributed by atoms with van der Waals surface area (Å²) in [5, 5.41) is 16.0. The monoisotopic (exact) mass is 512 g/mol. The van der Waals surface area contributed by atoms with Crippen LogP contribution in [0.2, 0.25) is 0 Å². The van der Waals surface area contributed by atoms with Crippen molar-refractivity contribution in [1.82, 2.24) is 15.2 Å². The van der Waals surface area contributed by atoms with E-state index in [-0.39, 0.29) is 11.8 Å². The van der Waals surface area contributed by atoms with Crippen molar-refractivity contribution in [3.05, 3.63) is 52.5 Å². The number of halogens is 3. The van der Waals surface area contributed by atoms with E-state index < -0.39 is 17.7 Å². The average Bonchev–Trinajstić information content (AvgIpc) is 3.48. The maximum Gasteiger partial charge on any atom is 0.490 e. The zero-order chi connectivity index (χ0) is 25.5. The Balaban J connectivity index is 0.000000429. The van der Waals surface area contributed by atoms with Crippen LogP contribution in [-0.4, -0.2) is 63.4 Å². The molecule has 0 saturated carbocycles. The normalized spacial score (nSPS) is 19.3. The fourth-order valence-electron chi connectivity index (χ4n) is 3.63. The third kappa shape index (κ3) is 7.50. The van der Waals surface area contributed by atoms with Gasteiger partial charge in [0.2, 0.25) is 5.91 Å². The van der Waals surface area contributed by atoms with Gasteiger partial charge in [-0.25, -0.2) is 4.79 Å². The molecule has 2 aromatic rings. The number of nitrogens with one attached hydrogen (secondary N) is 1. The van der Waals surface area contributed by atoms with Gasteiger partial charge < -0.3 is 20.2 Å². The first-order valence-corrected chi connectivity index (χ1v) is 11.5. The number of carbonyl (C=O) groups excluding carboxylic acids is 2. The average molecular weight is 513 g/mol. The minimum Gasteiger partial charge on any atom is -0.475 e. The first-order valence-electron chi connectivity index (χ1n) is 10.6. The van der Waals surface area contributed by atoms with Gasteiger partial charge in [0.05, 0.1) is 13.0 Å². The second kappa shape index (κ2) is 11.3. The molecule has 2 aliphatic rings. The van der Waals surface area contributed by atoms with E-state index in [2.05, 4.69) is 15.5 Å². The van der Waals surface area contributed by atoms with Crippen molar-refractivity contribution >= 4 is 34.8 Å². The molecule has 0 aromatic carbocycles. The number of carboxylic acids is 1. The van der Waals surface area contributed by atoms with Crippen LogP contribution in [0.5, 0.6) is 0 Å². The van der Waals surface area contributed by atoms with Crippen LogP contribution in [0.1, 0.15) is 29.7 Å². The predicted octanol–water partition coefficient (Wildman–Crippen LogP) is 2.77. The number of hydrogen-bond donors (Lipinski definition) is 2. The van der Waals surface area contributed by atoms with Gasteiger partial charge >= 0.3 is 12.1 Å². The van der Waals surface area contributed by atoms with Gasteiger partial charge in [-0.2, -0.15) is 13.2 Å². The molecule has 2 N–H and O–H groups in total. The van der Waals surface area contributed by atoms with Crippen LogP contribution in [0.25, 0.3) is 0 Å². The van der Waals surface area contributed by atoms with E-state index >= 15 is 0 Å². The van der Waals surface area contributed by atoms with Gasteiger partial charge in [0.1, 0.15) is 5.71 Å². The highest BCUT2D eigenvalue weighted by molar-refractivity contribution is 7.10. The molecule has 35 heavy (non-hydrogen) atoms. The lowest BCUT2D eigenvalue weighted by molar-refractivity contribution is -0.192. The Bertz CT molecular complexity index is 1060. The number of pyridine rings is 1. The van der Waals surface area contributed by atoms with Crippen LogP contribution < -0.4 is 5.32 Å². The van der Waals surface area contributed by atoms with Crippen molar-refractivity contribution in [3.8, 4) is 0 Å². The van der Waals surface area contributed by atoms with Crippen LogP contribution in [-0.2, 0) is 32.2 Å². The third-order valence-electron chi connectivity index (χ3n) is 5.32. The highest BCUT2D eigenvalue weighted by Crippen LogP contribution is 2.33. The lowest BCUT2D eigenvalue weighted by Gasteiger charge is -2.38. The lowest BCUT2D eigenvalue weighted by Crippen LogP contribution is -2.51. The van der Waals surface area contributed by atoms with Crippen LogP contribution >= 0.6 is 11.3 Å². The van der Waals surface area contributed by atoms with E-state index in [1.165, 1.54) is 0 Å². The summed E-state index contributed by atoms with van der Waals surface area (Å²) in [5.41, 5.74) is 0.731. The minimum absolute atomic E-state index is 0.0969. The quantitative estimate of drug-likeness (QED) is 0.636. The van der Waals surface area contributed by atoms with E-state index in [9.17, 15) is 22.8 Å². The Morgan fingerprint density at radius 2 is 2.03 bits per heavy atom. The molecule has 0 radical (unpaired) electrons. The third-order valence-corrected chi connectivity index (χ3v) is 6.19. The van der Waals surface area contributed by atoms with Gasteiger partial charge in [-0.3, -0.25) is 14.6 Å². The van der Waals surface area contributed by atoms with Gasteiger partial charge in [-0.1, -0.05) is 17.3 Å². The molecule has 1 fully saturated rings. The van der Waals surface area contributed by atoms with Crippen LogP contribution in [0.15, 0.2) is 47.2 Å². The van der Waals surface area contributed by atoms with Gasteiger partial charge in [-0.15, -0.1) is 11.3 Å². The fraction of sp³-hybridized carbons (Fsp3) is 0.409. The Labute approximate surface area is 202 Å². The molecule has 2 amide bonds. The molecule has 9 nitrogen and oxygen atoms in total. The summed E-state index contributed by atoms with van der Waals surface area (Å²) in [7, 11) is 0. The van der Waals surface area contributed by atoms with Crippen LogP contribution in [0.4, 0.5) is 13.2 Å². The number of aliphatic carboxylic acids is 1. The molecule has 188 valence electrons. The molecular formula is C22H23F3N4O5S. The predicted molar refractivity (Wildman–Crippen MR) is 119 cm³/mol. The number of oxime groups is 1. The molecule has 4 rings (SSSR count). The number of rotatable bonds is 5. The topological polar surface area (TPSA) is 121 Å². The maximum absolute atomic E-state index is 12.6. The van der Waals surface area contributed by atoms with Gasteiger partial charge in [0.15, 0.2) is 5.60 Å². The number of likely N-dealkylation sites (tertiary alicyclic amines) is 1. The van der Waals surface area contributed by atoms with E-state index in [1.807, 2.05) is 34.5 Å². The molecule has 13 heteroatoms. The SMILES string of the molecule is O=C(NCc1cccnc1)C1=NOC2(CCCN(C(=O)Cc3cccs3)C2)C1.O=C(O)C(F)(F)F. The molecule has 1 saturated heterocycles. The molecule has 1 unspecified atom stereocenters. The number of alkyl halides is 3.